The first kappa shape index (κ1) is 20.7. The van der Waals surface area contributed by atoms with E-state index in [1.54, 1.807) is 27.7 Å². The minimum Gasteiger partial charge on any atom is -0.464 e. The molecule has 5 nitrogen and oxygen atoms in total. The summed E-state index contributed by atoms with van der Waals surface area (Å²) in [6.07, 6.45) is -0.704. The lowest BCUT2D eigenvalue weighted by Crippen LogP contribution is -2.35. The van der Waals surface area contributed by atoms with Gasteiger partial charge in [-0.2, -0.15) is 0 Å². The highest BCUT2D eigenvalue weighted by Gasteiger charge is 2.22. The standard InChI is InChI=1S/C26H25NO4/c1-15(23(24(28)30-5)27-25(29)31-26(2,3)4)20-13-18-11-9-16-7-6-8-17-10-12-19(14-20)22(18)21(16)17/h6-14H,1-5H3,(H,27,29)/b23-15-. The van der Waals surface area contributed by atoms with Gasteiger partial charge in [0.2, 0.25) is 0 Å². The Kier molecular flexibility index (Phi) is 5.05. The molecule has 1 N–H and O–H groups in total. The van der Waals surface area contributed by atoms with Crippen LogP contribution in [0.25, 0.3) is 37.9 Å². The van der Waals surface area contributed by atoms with Crippen LogP contribution in [0, 0.1) is 0 Å². The quantitative estimate of drug-likeness (QED) is 0.253. The Morgan fingerprint density at radius 3 is 1.87 bits per heavy atom. The maximum absolute atomic E-state index is 12.5. The Balaban J connectivity index is 1.86. The SMILES string of the molecule is COC(=O)/C(NC(=O)OC(C)(C)C)=C(\C)c1cc2ccc3cccc4ccc(c1)c2c34. The van der Waals surface area contributed by atoms with Gasteiger partial charge < -0.3 is 9.47 Å². The molecule has 4 aromatic carbocycles. The minimum atomic E-state index is -0.704. The number of esters is 1. The number of amides is 1. The molecule has 0 saturated carbocycles. The number of methoxy groups -OCH3 is 1. The fourth-order valence-electron chi connectivity index (χ4n) is 3.92. The third kappa shape index (κ3) is 3.91. The lowest BCUT2D eigenvalue weighted by atomic mass is 9.91. The number of allylic oxidation sites excluding steroid dienone is 1. The van der Waals surface area contributed by atoms with Gasteiger partial charge in [0.05, 0.1) is 7.11 Å². The van der Waals surface area contributed by atoms with E-state index in [0.717, 1.165) is 16.3 Å². The van der Waals surface area contributed by atoms with Crippen molar-refractivity contribution in [3.8, 4) is 0 Å². The van der Waals surface area contributed by atoms with E-state index in [1.807, 2.05) is 12.1 Å². The van der Waals surface area contributed by atoms with Gasteiger partial charge in [-0.25, -0.2) is 9.59 Å². The van der Waals surface area contributed by atoms with E-state index in [-0.39, 0.29) is 5.70 Å². The van der Waals surface area contributed by atoms with Gasteiger partial charge in [-0.05, 0) is 83.3 Å². The highest BCUT2D eigenvalue weighted by atomic mass is 16.6. The number of alkyl carbamates (subject to hydrolysis) is 1. The number of hydrogen-bond acceptors (Lipinski definition) is 4. The van der Waals surface area contributed by atoms with Gasteiger partial charge in [0.15, 0.2) is 0 Å². The topological polar surface area (TPSA) is 64.6 Å². The van der Waals surface area contributed by atoms with Crippen molar-refractivity contribution in [3.63, 3.8) is 0 Å². The number of rotatable bonds is 3. The van der Waals surface area contributed by atoms with Gasteiger partial charge in [0.1, 0.15) is 11.3 Å². The predicted molar refractivity (Wildman–Crippen MR) is 124 cm³/mol. The molecule has 4 rings (SSSR count). The Hall–Kier alpha value is -3.60. The fourth-order valence-corrected chi connectivity index (χ4v) is 3.92. The molecule has 31 heavy (non-hydrogen) atoms. The average Bonchev–Trinajstić information content (AvgIpc) is 2.73. The van der Waals surface area contributed by atoms with Crippen LogP contribution in [0.1, 0.15) is 33.3 Å². The second-order valence-electron chi connectivity index (χ2n) is 8.63. The molecule has 0 saturated heterocycles. The van der Waals surface area contributed by atoms with Crippen LogP contribution >= 0.6 is 0 Å². The molecule has 0 heterocycles. The van der Waals surface area contributed by atoms with Crippen molar-refractivity contribution in [2.75, 3.05) is 7.11 Å². The van der Waals surface area contributed by atoms with Crippen molar-refractivity contribution in [1.29, 1.82) is 0 Å². The van der Waals surface area contributed by atoms with Gasteiger partial charge >= 0.3 is 12.1 Å². The number of carbonyl (C=O) groups excluding carboxylic acids is 2. The first-order valence-corrected chi connectivity index (χ1v) is 10.1. The molecule has 0 aliphatic carbocycles. The summed E-state index contributed by atoms with van der Waals surface area (Å²) in [6.45, 7) is 7.08. The Morgan fingerprint density at radius 2 is 1.35 bits per heavy atom. The van der Waals surface area contributed by atoms with Gasteiger partial charge in [-0.15, -0.1) is 0 Å². The number of nitrogens with one attached hydrogen (secondary N) is 1. The normalized spacial score (nSPS) is 12.8. The van der Waals surface area contributed by atoms with Gasteiger partial charge in [0.25, 0.3) is 0 Å². The van der Waals surface area contributed by atoms with Crippen molar-refractivity contribution in [3.05, 3.63) is 65.9 Å². The second kappa shape index (κ2) is 7.58. The molecule has 0 aliphatic rings. The molecular formula is C26H25NO4. The summed E-state index contributed by atoms with van der Waals surface area (Å²) in [5.74, 6) is -0.631. The summed E-state index contributed by atoms with van der Waals surface area (Å²) in [5.41, 5.74) is 0.797. The largest absolute Gasteiger partial charge is 0.464 e. The summed E-state index contributed by atoms with van der Waals surface area (Å²) < 4.78 is 10.2. The smallest absolute Gasteiger partial charge is 0.412 e. The molecule has 0 spiro atoms. The molecular weight excluding hydrogens is 390 g/mol. The Labute approximate surface area is 181 Å². The lowest BCUT2D eigenvalue weighted by molar-refractivity contribution is -0.136. The van der Waals surface area contributed by atoms with E-state index in [9.17, 15) is 9.59 Å². The maximum atomic E-state index is 12.5. The van der Waals surface area contributed by atoms with E-state index < -0.39 is 17.7 Å². The van der Waals surface area contributed by atoms with Crippen molar-refractivity contribution in [2.45, 2.75) is 33.3 Å². The predicted octanol–water partition coefficient (Wildman–Crippen LogP) is 6.01. The fraction of sp³-hybridized carbons (Fsp3) is 0.231. The zero-order chi connectivity index (χ0) is 22.3. The molecule has 0 fully saturated rings. The summed E-state index contributed by atoms with van der Waals surface area (Å²) in [5, 5.41) is 9.51. The van der Waals surface area contributed by atoms with Gasteiger partial charge in [0, 0.05) is 0 Å². The monoisotopic (exact) mass is 415 g/mol. The highest BCUT2D eigenvalue weighted by Crippen LogP contribution is 2.36. The van der Waals surface area contributed by atoms with Crippen LogP contribution in [0.15, 0.2) is 60.3 Å². The molecule has 0 radical (unpaired) electrons. The van der Waals surface area contributed by atoms with E-state index in [0.29, 0.717) is 5.57 Å². The van der Waals surface area contributed by atoms with Crippen LogP contribution in [0.4, 0.5) is 4.79 Å². The van der Waals surface area contributed by atoms with E-state index in [4.69, 9.17) is 9.47 Å². The zero-order valence-electron chi connectivity index (χ0n) is 18.3. The number of benzene rings is 4. The summed E-state index contributed by atoms with van der Waals surface area (Å²) in [6, 6.07) is 18.7. The van der Waals surface area contributed by atoms with Crippen molar-refractivity contribution in [1.82, 2.24) is 5.32 Å². The molecule has 4 aromatic rings. The van der Waals surface area contributed by atoms with Gasteiger partial charge in [-0.1, -0.05) is 42.5 Å². The van der Waals surface area contributed by atoms with Gasteiger partial charge in [-0.3, -0.25) is 5.32 Å². The number of hydrogen-bond donors (Lipinski definition) is 1. The van der Waals surface area contributed by atoms with Crippen LogP contribution in [0.5, 0.6) is 0 Å². The third-order valence-corrected chi connectivity index (χ3v) is 5.29. The summed E-state index contributed by atoms with van der Waals surface area (Å²) >= 11 is 0. The number of carbonyl (C=O) groups is 2. The zero-order valence-corrected chi connectivity index (χ0v) is 18.3. The first-order chi connectivity index (χ1) is 14.7. The summed E-state index contributed by atoms with van der Waals surface area (Å²) in [4.78, 5) is 24.8. The maximum Gasteiger partial charge on any atom is 0.412 e. The van der Waals surface area contributed by atoms with E-state index in [1.165, 1.54) is 28.7 Å². The van der Waals surface area contributed by atoms with Crippen molar-refractivity contribution >= 4 is 50.0 Å². The summed E-state index contributed by atoms with van der Waals surface area (Å²) in [7, 11) is 1.28. The Bertz CT molecular complexity index is 1280. The third-order valence-electron chi connectivity index (χ3n) is 5.29. The molecule has 0 aliphatic heterocycles. The van der Waals surface area contributed by atoms with Crippen LogP contribution in [-0.2, 0) is 14.3 Å². The van der Waals surface area contributed by atoms with Crippen LogP contribution in [0.2, 0.25) is 0 Å². The van der Waals surface area contributed by atoms with E-state index in [2.05, 4.69) is 47.8 Å². The van der Waals surface area contributed by atoms with Crippen molar-refractivity contribution in [2.24, 2.45) is 0 Å². The molecule has 0 aromatic heterocycles. The molecule has 158 valence electrons. The van der Waals surface area contributed by atoms with E-state index >= 15 is 0 Å². The Morgan fingerprint density at radius 1 is 0.839 bits per heavy atom. The molecule has 5 heteroatoms. The van der Waals surface area contributed by atoms with Crippen LogP contribution in [-0.4, -0.2) is 24.8 Å². The molecule has 1 amide bonds. The van der Waals surface area contributed by atoms with Crippen LogP contribution in [0.3, 0.4) is 0 Å². The number of ether oxygens (including phenoxy) is 2. The average molecular weight is 415 g/mol. The molecule has 0 atom stereocenters. The lowest BCUT2D eigenvalue weighted by Gasteiger charge is -2.21. The highest BCUT2D eigenvalue weighted by molar-refractivity contribution is 6.23. The molecule has 0 bridgehead atoms. The first-order valence-electron chi connectivity index (χ1n) is 10.1. The minimum absolute atomic E-state index is 0.0598. The van der Waals surface area contributed by atoms with Crippen molar-refractivity contribution < 1.29 is 19.1 Å². The molecule has 0 unspecified atom stereocenters. The second-order valence-corrected chi connectivity index (χ2v) is 8.63. The van der Waals surface area contributed by atoms with Crippen LogP contribution < -0.4 is 5.32 Å².